The SMILES string of the molecule is C[C@@H](NC(=O)c1cn([C@H]2CCOC(C)(C)C2)c(=O)cc1NC1[C@H]2CN(C)C[C@@H]12)c1cccc(C(F)F)c1F. The fourth-order valence-electron chi connectivity index (χ4n) is 6.13. The number of nitrogens with one attached hydrogen (secondary N) is 2. The van der Waals surface area contributed by atoms with E-state index in [9.17, 15) is 22.8 Å². The van der Waals surface area contributed by atoms with E-state index in [1.165, 1.54) is 18.2 Å². The number of carbonyl (C=O) groups excluding carboxylic acids is 1. The molecule has 10 heteroatoms. The molecule has 1 aromatic carbocycles. The van der Waals surface area contributed by atoms with Crippen molar-refractivity contribution in [2.24, 2.45) is 11.8 Å². The molecular formula is C28H35F3N4O3. The molecule has 1 amide bonds. The van der Waals surface area contributed by atoms with E-state index in [-0.39, 0.29) is 28.8 Å². The number of anilines is 1. The minimum Gasteiger partial charge on any atom is -0.381 e. The van der Waals surface area contributed by atoms with E-state index in [0.717, 1.165) is 19.2 Å². The highest BCUT2D eigenvalue weighted by Gasteiger charge is 2.55. The molecule has 1 aliphatic carbocycles. The average molecular weight is 533 g/mol. The summed E-state index contributed by atoms with van der Waals surface area (Å²) in [7, 11) is 2.07. The molecule has 2 aliphatic heterocycles. The number of ether oxygens (including phenoxy) is 1. The van der Waals surface area contributed by atoms with Gasteiger partial charge in [-0.25, -0.2) is 13.2 Å². The van der Waals surface area contributed by atoms with Gasteiger partial charge in [0.05, 0.1) is 28.5 Å². The minimum atomic E-state index is -2.96. The van der Waals surface area contributed by atoms with Crippen molar-refractivity contribution in [3.8, 4) is 0 Å². The van der Waals surface area contributed by atoms with Crippen LogP contribution in [0.1, 0.15) is 73.6 Å². The first-order valence-corrected chi connectivity index (χ1v) is 13.2. The average Bonchev–Trinajstić information content (AvgIpc) is 3.27. The van der Waals surface area contributed by atoms with Gasteiger partial charge in [-0.3, -0.25) is 9.59 Å². The van der Waals surface area contributed by atoms with Gasteiger partial charge in [0, 0.05) is 49.6 Å². The summed E-state index contributed by atoms with van der Waals surface area (Å²) in [5, 5.41) is 6.19. The first-order chi connectivity index (χ1) is 17.9. The van der Waals surface area contributed by atoms with E-state index in [2.05, 4.69) is 22.6 Å². The zero-order chi connectivity index (χ0) is 27.4. The van der Waals surface area contributed by atoms with Gasteiger partial charge >= 0.3 is 0 Å². The van der Waals surface area contributed by atoms with Gasteiger partial charge in [0.1, 0.15) is 5.82 Å². The molecule has 2 N–H and O–H groups in total. The van der Waals surface area contributed by atoms with Crippen LogP contribution >= 0.6 is 0 Å². The van der Waals surface area contributed by atoms with E-state index in [4.69, 9.17) is 4.74 Å². The Hall–Kier alpha value is -2.85. The Balaban J connectivity index is 1.44. The number of benzene rings is 1. The first-order valence-electron chi connectivity index (χ1n) is 13.2. The second-order valence-corrected chi connectivity index (χ2v) is 11.6. The number of halogens is 3. The molecule has 2 aromatic rings. The summed E-state index contributed by atoms with van der Waals surface area (Å²) in [6.45, 7) is 7.91. The summed E-state index contributed by atoms with van der Waals surface area (Å²) >= 11 is 0. The zero-order valence-corrected chi connectivity index (χ0v) is 22.1. The summed E-state index contributed by atoms with van der Waals surface area (Å²) in [5.41, 5.74) is -0.633. The Bertz CT molecular complexity index is 1270. The Labute approximate surface area is 220 Å². The van der Waals surface area contributed by atoms with Crippen LogP contribution < -0.4 is 16.2 Å². The predicted molar refractivity (Wildman–Crippen MR) is 138 cm³/mol. The smallest absolute Gasteiger partial charge is 0.266 e. The second-order valence-electron chi connectivity index (χ2n) is 11.6. The number of amides is 1. The largest absolute Gasteiger partial charge is 0.381 e. The molecule has 3 aliphatic rings. The van der Waals surface area contributed by atoms with Crippen LogP contribution in [0, 0.1) is 17.7 Å². The summed E-state index contributed by atoms with van der Waals surface area (Å²) in [6.07, 6.45) is -0.132. The lowest BCUT2D eigenvalue weighted by Gasteiger charge is -2.36. The van der Waals surface area contributed by atoms with Crippen LogP contribution in [0.5, 0.6) is 0 Å². The molecular weight excluding hydrogens is 497 g/mol. The number of hydrogen-bond acceptors (Lipinski definition) is 5. The van der Waals surface area contributed by atoms with Gasteiger partial charge in [-0.15, -0.1) is 0 Å². The lowest BCUT2D eigenvalue weighted by molar-refractivity contribution is -0.0695. The van der Waals surface area contributed by atoms with Crippen molar-refractivity contribution in [2.75, 3.05) is 32.1 Å². The number of fused-ring (bicyclic) bond motifs is 1. The zero-order valence-electron chi connectivity index (χ0n) is 22.1. The van der Waals surface area contributed by atoms with E-state index in [1.807, 2.05) is 13.8 Å². The maximum atomic E-state index is 14.8. The van der Waals surface area contributed by atoms with Crippen LogP contribution in [0.3, 0.4) is 0 Å². The summed E-state index contributed by atoms with van der Waals surface area (Å²) in [6, 6.07) is 4.41. The highest BCUT2D eigenvalue weighted by Crippen LogP contribution is 2.47. The summed E-state index contributed by atoms with van der Waals surface area (Å²) < 4.78 is 48.6. The van der Waals surface area contributed by atoms with Crippen LogP contribution in [0.15, 0.2) is 35.3 Å². The number of likely N-dealkylation sites (tertiary alicyclic amines) is 1. The van der Waals surface area contributed by atoms with Gasteiger partial charge in [-0.05, 0) is 52.5 Å². The third-order valence-electron chi connectivity index (χ3n) is 8.20. The van der Waals surface area contributed by atoms with Crippen LogP contribution in [-0.4, -0.2) is 53.8 Å². The normalized spacial score (nSPS) is 27.2. The molecule has 38 heavy (non-hydrogen) atoms. The lowest BCUT2D eigenvalue weighted by Crippen LogP contribution is -2.39. The number of piperidine rings is 1. The highest BCUT2D eigenvalue weighted by molar-refractivity contribution is 5.99. The third-order valence-corrected chi connectivity index (χ3v) is 8.20. The standard InChI is InChI=1S/C28H35F3N4O3/c1-15(17-6-5-7-18(24(17)29)26(30)31)32-27(37)21-14-35(16-8-9-38-28(2,3)11-16)23(36)10-22(21)33-25-19-12-34(4)13-20(19)25/h5-7,10,14-16,19-20,25-26,33H,8-9,11-13H2,1-4H3,(H,32,37)/t15-,16+,19-,20+,25?/m1/s1. The van der Waals surface area contributed by atoms with Crippen molar-refractivity contribution >= 4 is 11.6 Å². The molecule has 5 rings (SSSR count). The maximum absolute atomic E-state index is 14.8. The number of nitrogens with zero attached hydrogens (tertiary/aromatic N) is 2. The van der Waals surface area contributed by atoms with Gasteiger partial charge in [-0.1, -0.05) is 18.2 Å². The van der Waals surface area contributed by atoms with E-state index >= 15 is 0 Å². The Morgan fingerprint density at radius 1 is 1.18 bits per heavy atom. The monoisotopic (exact) mass is 532 g/mol. The molecule has 1 saturated carbocycles. The molecule has 1 aromatic heterocycles. The lowest BCUT2D eigenvalue weighted by atomic mass is 9.93. The minimum absolute atomic E-state index is 0.0232. The summed E-state index contributed by atoms with van der Waals surface area (Å²) in [4.78, 5) is 29.1. The van der Waals surface area contributed by atoms with E-state index in [1.54, 1.807) is 17.7 Å². The number of pyridine rings is 1. The molecule has 7 nitrogen and oxygen atoms in total. The molecule has 3 heterocycles. The maximum Gasteiger partial charge on any atom is 0.266 e. The molecule has 0 radical (unpaired) electrons. The Morgan fingerprint density at radius 3 is 2.53 bits per heavy atom. The number of aromatic nitrogens is 1. The quantitative estimate of drug-likeness (QED) is 0.549. The highest BCUT2D eigenvalue weighted by atomic mass is 19.3. The molecule has 0 spiro atoms. The topological polar surface area (TPSA) is 75.6 Å². The van der Waals surface area contributed by atoms with Gasteiger partial charge in [0.15, 0.2) is 0 Å². The third kappa shape index (κ3) is 5.20. The first kappa shape index (κ1) is 26.7. The van der Waals surface area contributed by atoms with Crippen molar-refractivity contribution in [1.82, 2.24) is 14.8 Å². The van der Waals surface area contributed by atoms with E-state index in [0.29, 0.717) is 37.0 Å². The van der Waals surface area contributed by atoms with Gasteiger partial charge in [0.25, 0.3) is 17.9 Å². The molecule has 206 valence electrons. The van der Waals surface area contributed by atoms with Crippen molar-refractivity contribution in [2.45, 2.75) is 63.8 Å². The number of hydrogen-bond donors (Lipinski definition) is 2. The van der Waals surface area contributed by atoms with E-state index < -0.39 is 35.4 Å². The number of carbonyl (C=O) groups is 1. The Morgan fingerprint density at radius 2 is 1.87 bits per heavy atom. The van der Waals surface area contributed by atoms with Gasteiger partial charge in [-0.2, -0.15) is 0 Å². The number of rotatable bonds is 7. The second kappa shape index (κ2) is 10.0. The fraction of sp³-hybridized carbons (Fsp3) is 0.571. The van der Waals surface area contributed by atoms with Crippen LogP contribution in [-0.2, 0) is 4.74 Å². The van der Waals surface area contributed by atoms with Crippen LogP contribution in [0.25, 0.3) is 0 Å². The van der Waals surface area contributed by atoms with Crippen molar-refractivity contribution in [1.29, 1.82) is 0 Å². The van der Waals surface area contributed by atoms with Crippen molar-refractivity contribution < 1.29 is 22.7 Å². The summed E-state index contributed by atoms with van der Waals surface area (Å²) in [5.74, 6) is -0.623. The Kier molecular flexibility index (Phi) is 7.06. The van der Waals surface area contributed by atoms with Crippen molar-refractivity contribution in [3.05, 3.63) is 63.3 Å². The predicted octanol–water partition coefficient (Wildman–Crippen LogP) is 4.52. The van der Waals surface area contributed by atoms with Crippen molar-refractivity contribution in [3.63, 3.8) is 0 Å². The molecule has 5 atom stereocenters. The number of alkyl halides is 2. The van der Waals surface area contributed by atoms with Crippen LogP contribution in [0.4, 0.5) is 18.9 Å². The fourth-order valence-corrected chi connectivity index (χ4v) is 6.13. The molecule has 0 bridgehead atoms. The van der Waals surface area contributed by atoms with Gasteiger partial charge in [0.2, 0.25) is 0 Å². The van der Waals surface area contributed by atoms with Gasteiger partial charge < -0.3 is 24.8 Å². The molecule has 1 unspecified atom stereocenters. The van der Waals surface area contributed by atoms with Crippen LogP contribution in [0.2, 0.25) is 0 Å². The molecule has 2 saturated heterocycles. The molecule has 3 fully saturated rings.